The molecule has 1 aliphatic heterocycles. The first kappa shape index (κ1) is 20.4. The van der Waals surface area contributed by atoms with Crippen molar-refractivity contribution < 1.29 is 4.79 Å². The zero-order valence-electron chi connectivity index (χ0n) is 17.2. The van der Waals surface area contributed by atoms with Crippen molar-refractivity contribution in [2.75, 3.05) is 29.9 Å². The molecule has 1 amide bonds. The lowest BCUT2D eigenvalue weighted by atomic mass is 10.1. The number of nitrogens with two attached hydrogens (primary N) is 1. The predicted molar refractivity (Wildman–Crippen MR) is 123 cm³/mol. The lowest BCUT2D eigenvalue weighted by Gasteiger charge is -2.34. The van der Waals surface area contributed by atoms with E-state index < -0.39 is 0 Å². The number of rotatable bonds is 7. The van der Waals surface area contributed by atoms with Gasteiger partial charge in [0, 0.05) is 37.2 Å². The van der Waals surface area contributed by atoms with Crippen LogP contribution in [0, 0.1) is 0 Å². The summed E-state index contributed by atoms with van der Waals surface area (Å²) in [7, 11) is 0. The van der Waals surface area contributed by atoms with Gasteiger partial charge < -0.3 is 26.3 Å². The summed E-state index contributed by atoms with van der Waals surface area (Å²) in [5, 5.41) is 7.15. The van der Waals surface area contributed by atoms with Crippen molar-refractivity contribution in [3.63, 3.8) is 0 Å². The summed E-state index contributed by atoms with van der Waals surface area (Å²) in [4.78, 5) is 30.5. The van der Waals surface area contributed by atoms with Gasteiger partial charge in [-0.3, -0.25) is 9.79 Å². The van der Waals surface area contributed by atoms with Crippen molar-refractivity contribution in [2.45, 2.75) is 18.9 Å². The normalized spacial score (nSPS) is 17.2. The van der Waals surface area contributed by atoms with Crippen molar-refractivity contribution in [2.24, 2.45) is 10.7 Å². The first-order valence-electron chi connectivity index (χ1n) is 10.3. The minimum absolute atomic E-state index is 0.00638. The third-order valence-electron chi connectivity index (χ3n) is 5.10. The Balaban J connectivity index is 1.28. The molecule has 1 atom stereocenters. The minimum atomic E-state index is -0.145. The molecule has 5 N–H and O–H groups in total. The second-order valence-corrected chi connectivity index (χ2v) is 7.37. The molecule has 4 rings (SSSR count). The number of hydrogen-bond donors (Lipinski definition) is 4. The topological polar surface area (TPSA) is 124 Å². The quantitative estimate of drug-likeness (QED) is 0.344. The molecule has 3 aromatic rings. The molecule has 160 valence electrons. The highest BCUT2D eigenvalue weighted by atomic mass is 16.1. The molecule has 1 aliphatic rings. The summed E-state index contributed by atoms with van der Waals surface area (Å²) in [5.74, 6) is 1.04. The highest BCUT2D eigenvalue weighted by Gasteiger charge is 2.23. The standard InChI is InChI=1S/C22H26N8O/c23-19(9-11-24-16-5-2-1-3-6-16)26-13-20(31)29-17-7-4-12-30(14-17)22-18-8-10-25-21(18)27-15-28-22/h1-3,5-6,8-11,15,17,24H,4,7,12-14H2,(H2,23,26)(H,29,31)(H,25,27,28)/b11-9-. The van der Waals surface area contributed by atoms with E-state index in [0.29, 0.717) is 12.4 Å². The number of nitrogens with one attached hydrogen (secondary N) is 3. The smallest absolute Gasteiger partial charge is 0.242 e. The number of anilines is 2. The number of para-hydroxylation sites is 1. The van der Waals surface area contributed by atoms with E-state index in [9.17, 15) is 4.79 Å². The number of carbonyl (C=O) groups excluding carboxylic acids is 1. The molecule has 1 fully saturated rings. The maximum atomic E-state index is 12.4. The van der Waals surface area contributed by atoms with E-state index in [1.807, 2.05) is 42.6 Å². The van der Waals surface area contributed by atoms with E-state index in [-0.39, 0.29) is 18.5 Å². The lowest BCUT2D eigenvalue weighted by molar-refractivity contribution is -0.120. The molecule has 1 saturated heterocycles. The molecule has 3 heterocycles. The summed E-state index contributed by atoms with van der Waals surface area (Å²) < 4.78 is 0. The third kappa shape index (κ3) is 5.39. The molecule has 0 aliphatic carbocycles. The fraction of sp³-hybridized carbons (Fsp3) is 0.273. The molecule has 1 unspecified atom stereocenters. The summed E-state index contributed by atoms with van der Waals surface area (Å²) in [6.45, 7) is 1.59. The van der Waals surface area contributed by atoms with Gasteiger partial charge in [0.05, 0.1) is 5.39 Å². The predicted octanol–water partition coefficient (Wildman–Crippen LogP) is 2.03. The number of H-pyrrole nitrogens is 1. The van der Waals surface area contributed by atoms with Gasteiger partial charge in [0.2, 0.25) is 5.91 Å². The Morgan fingerprint density at radius 3 is 3.03 bits per heavy atom. The Bertz CT molecular complexity index is 1080. The first-order valence-corrected chi connectivity index (χ1v) is 10.3. The Morgan fingerprint density at radius 2 is 2.16 bits per heavy atom. The number of nitrogens with zero attached hydrogens (tertiary/aromatic N) is 4. The largest absolute Gasteiger partial charge is 0.384 e. The van der Waals surface area contributed by atoms with Crippen molar-refractivity contribution >= 4 is 34.3 Å². The van der Waals surface area contributed by atoms with Crippen LogP contribution in [0.2, 0.25) is 0 Å². The summed E-state index contributed by atoms with van der Waals surface area (Å²) >= 11 is 0. The van der Waals surface area contributed by atoms with Crippen molar-refractivity contribution in [1.29, 1.82) is 0 Å². The van der Waals surface area contributed by atoms with Crippen LogP contribution in [-0.2, 0) is 4.79 Å². The number of hydrogen-bond acceptors (Lipinski definition) is 6. The molecule has 1 aromatic carbocycles. The summed E-state index contributed by atoms with van der Waals surface area (Å²) in [6, 6.07) is 11.7. The maximum absolute atomic E-state index is 12.4. The number of carbonyl (C=O) groups is 1. The zero-order valence-corrected chi connectivity index (χ0v) is 17.2. The third-order valence-corrected chi connectivity index (χ3v) is 5.10. The van der Waals surface area contributed by atoms with Crippen LogP contribution in [0.25, 0.3) is 11.0 Å². The number of piperidine rings is 1. The van der Waals surface area contributed by atoms with Gasteiger partial charge in [0.25, 0.3) is 0 Å². The number of amides is 1. The van der Waals surface area contributed by atoms with Gasteiger partial charge in [0.15, 0.2) is 0 Å². The van der Waals surface area contributed by atoms with Crippen molar-refractivity contribution in [3.8, 4) is 0 Å². The second-order valence-electron chi connectivity index (χ2n) is 7.37. The monoisotopic (exact) mass is 418 g/mol. The SMILES string of the molecule is NC(/C=C\Nc1ccccc1)=NCC(=O)NC1CCCN(c2ncnc3[nH]ccc23)C1. The molecule has 0 spiro atoms. The van der Waals surface area contributed by atoms with Crippen LogP contribution in [0.1, 0.15) is 12.8 Å². The van der Waals surface area contributed by atoms with Crippen LogP contribution in [0.5, 0.6) is 0 Å². The van der Waals surface area contributed by atoms with E-state index in [1.54, 1.807) is 18.6 Å². The number of benzene rings is 1. The van der Waals surface area contributed by atoms with E-state index in [2.05, 4.69) is 35.5 Å². The van der Waals surface area contributed by atoms with Crippen LogP contribution in [0.4, 0.5) is 11.5 Å². The van der Waals surface area contributed by atoms with Gasteiger partial charge in [0.1, 0.15) is 30.2 Å². The number of aromatic nitrogens is 3. The molecule has 2 aromatic heterocycles. The highest BCUT2D eigenvalue weighted by molar-refractivity contribution is 5.93. The molecule has 0 bridgehead atoms. The Labute approximate surface area is 180 Å². The highest BCUT2D eigenvalue weighted by Crippen LogP contribution is 2.24. The molecule has 0 saturated carbocycles. The van der Waals surface area contributed by atoms with Crippen LogP contribution in [0.3, 0.4) is 0 Å². The molecule has 9 heteroatoms. The van der Waals surface area contributed by atoms with Crippen LogP contribution in [-0.4, -0.2) is 52.4 Å². The second kappa shape index (κ2) is 9.75. The van der Waals surface area contributed by atoms with E-state index in [4.69, 9.17) is 5.73 Å². The van der Waals surface area contributed by atoms with Gasteiger partial charge in [-0.15, -0.1) is 0 Å². The minimum Gasteiger partial charge on any atom is -0.384 e. The molecular formula is C22H26N8O. The Kier molecular flexibility index (Phi) is 6.41. The maximum Gasteiger partial charge on any atom is 0.242 e. The number of fused-ring (bicyclic) bond motifs is 1. The van der Waals surface area contributed by atoms with E-state index >= 15 is 0 Å². The van der Waals surface area contributed by atoms with Gasteiger partial charge in [-0.1, -0.05) is 18.2 Å². The average Bonchev–Trinajstić information content (AvgIpc) is 3.28. The fourth-order valence-corrected chi connectivity index (χ4v) is 3.64. The van der Waals surface area contributed by atoms with Gasteiger partial charge in [-0.05, 0) is 37.1 Å². The first-order chi connectivity index (χ1) is 15.2. The van der Waals surface area contributed by atoms with Crippen LogP contribution < -0.4 is 21.3 Å². The molecule has 9 nitrogen and oxygen atoms in total. The van der Waals surface area contributed by atoms with Crippen molar-refractivity contribution in [1.82, 2.24) is 20.3 Å². The molecule has 0 radical (unpaired) electrons. The van der Waals surface area contributed by atoms with Crippen LogP contribution in [0.15, 0.2) is 66.2 Å². The van der Waals surface area contributed by atoms with Gasteiger partial charge in [-0.25, -0.2) is 9.97 Å². The van der Waals surface area contributed by atoms with E-state index in [0.717, 1.165) is 41.9 Å². The number of amidine groups is 1. The van der Waals surface area contributed by atoms with Crippen LogP contribution >= 0.6 is 0 Å². The van der Waals surface area contributed by atoms with Gasteiger partial charge >= 0.3 is 0 Å². The Hall–Kier alpha value is -3.88. The van der Waals surface area contributed by atoms with E-state index in [1.165, 1.54) is 0 Å². The summed E-state index contributed by atoms with van der Waals surface area (Å²) in [5.41, 5.74) is 7.64. The number of aliphatic imine (C=N–C) groups is 1. The van der Waals surface area contributed by atoms with Gasteiger partial charge in [-0.2, -0.15) is 0 Å². The fourth-order valence-electron chi connectivity index (χ4n) is 3.64. The molecule has 31 heavy (non-hydrogen) atoms. The Morgan fingerprint density at radius 1 is 1.29 bits per heavy atom. The van der Waals surface area contributed by atoms with Crippen molar-refractivity contribution in [3.05, 3.63) is 61.2 Å². The lowest BCUT2D eigenvalue weighted by Crippen LogP contribution is -2.48. The zero-order chi connectivity index (χ0) is 21.5. The molecular weight excluding hydrogens is 392 g/mol. The number of aromatic amines is 1. The summed E-state index contributed by atoms with van der Waals surface area (Å²) in [6.07, 6.45) is 8.66. The average molecular weight is 419 g/mol.